The van der Waals surface area contributed by atoms with E-state index in [-0.39, 0.29) is 57.3 Å². The molecule has 0 aromatic carbocycles. The zero-order chi connectivity index (χ0) is 4.50. The van der Waals surface area contributed by atoms with E-state index in [9.17, 15) is 0 Å². The van der Waals surface area contributed by atoms with Crippen molar-refractivity contribution in [1.82, 2.24) is 0 Å². The molecular formula is H7BBaCrO4. The molecule has 42 valence electrons. The van der Waals surface area contributed by atoms with E-state index in [1.807, 2.05) is 0 Å². The Labute approximate surface area is 85.3 Å². The summed E-state index contributed by atoms with van der Waals surface area (Å²) in [5.74, 6) is 0. The first-order chi connectivity index (χ1) is 2.00. The van der Waals surface area contributed by atoms with Gasteiger partial charge in [-0.15, -0.1) is 0 Å². The monoisotopic (exact) mass is 272 g/mol. The van der Waals surface area contributed by atoms with Gasteiger partial charge in [0.2, 0.25) is 0 Å². The topological polar surface area (TPSA) is 74.6 Å². The Morgan fingerprint density at radius 1 is 1.14 bits per heavy atom. The van der Waals surface area contributed by atoms with Gasteiger partial charge in [-0.1, -0.05) is 0 Å². The Morgan fingerprint density at radius 3 is 1.14 bits per heavy atom. The summed E-state index contributed by atoms with van der Waals surface area (Å²) in [5.41, 5.74) is 0. The Hall–Kier alpha value is 1.69. The molecule has 7 heavy (non-hydrogen) atoms. The minimum absolute atomic E-state index is 0. The molecule has 0 atom stereocenters. The fourth-order valence-electron chi connectivity index (χ4n) is 0. The Kier molecular flexibility index (Phi) is 13.2. The number of hydrogen-bond donors (Lipinski definition) is 2. The molecule has 0 aromatic heterocycles. The third kappa shape index (κ3) is 87.2. The zero-order valence-corrected chi connectivity index (χ0v) is 3.39. The van der Waals surface area contributed by atoms with Gasteiger partial charge >= 0.3 is 78.4 Å². The van der Waals surface area contributed by atoms with Gasteiger partial charge in [-0.05, 0) is 0 Å². The molecule has 0 spiro atoms. The van der Waals surface area contributed by atoms with Crippen LogP contribution in [0.4, 0.5) is 0 Å². The molecule has 7 heteroatoms. The molecule has 0 aliphatic heterocycles. The SMILES string of the molecule is B.[BaH2].[O]=[Cr](=[O])([OH])[OH]. The minimum atomic E-state index is -5.25. The predicted molar refractivity (Wildman–Crippen MR) is 24.3 cm³/mol. The molecule has 0 fully saturated rings. The standard InChI is InChI=1S/BH3.Ba.Cr.2H2O.2O.2H/h1H3;;;2*1H2;;;;/q;;+2;;;;;;/p-2. The maximum atomic E-state index is 8.82. The summed E-state index contributed by atoms with van der Waals surface area (Å²) in [6.07, 6.45) is 0. The second kappa shape index (κ2) is 5.82. The normalized spacial score (nSPS) is 8.29. The van der Waals surface area contributed by atoms with Crippen LogP contribution in [-0.2, 0) is 21.2 Å². The molecule has 0 unspecified atom stereocenters. The van der Waals surface area contributed by atoms with Gasteiger partial charge < -0.3 is 0 Å². The van der Waals surface area contributed by atoms with Gasteiger partial charge in [0.05, 0.1) is 8.41 Å². The summed E-state index contributed by atoms with van der Waals surface area (Å²) in [6.45, 7) is 0. The second-order valence-electron chi connectivity index (χ2n) is 0.448. The summed E-state index contributed by atoms with van der Waals surface area (Å²) in [5, 5.41) is 0. The van der Waals surface area contributed by atoms with Crippen molar-refractivity contribution in [3.05, 3.63) is 0 Å². The zero-order valence-electron chi connectivity index (χ0n) is 2.12. The van der Waals surface area contributed by atoms with E-state index in [4.69, 9.17) is 15.9 Å². The first-order valence-corrected chi connectivity index (χ1v) is 2.88. The summed E-state index contributed by atoms with van der Waals surface area (Å²) in [4.78, 5) is 0. The molecule has 4 nitrogen and oxygen atoms in total. The van der Waals surface area contributed by atoms with Gasteiger partial charge in [0, 0.05) is 0 Å². The summed E-state index contributed by atoms with van der Waals surface area (Å²) in [6, 6.07) is 0. The van der Waals surface area contributed by atoms with Gasteiger partial charge in [0.15, 0.2) is 0 Å². The molecule has 0 aliphatic rings. The average molecular weight is 271 g/mol. The molecular weight excluding hydrogens is 264 g/mol. The van der Waals surface area contributed by atoms with Gasteiger partial charge in [0.25, 0.3) is 0 Å². The van der Waals surface area contributed by atoms with Gasteiger partial charge in [-0.2, -0.15) is 0 Å². The first kappa shape index (κ1) is 15.9. The van der Waals surface area contributed by atoms with Crippen LogP contribution in [0.3, 0.4) is 0 Å². The van der Waals surface area contributed by atoms with Crippen molar-refractivity contribution in [2.45, 2.75) is 0 Å². The third-order valence-corrected chi connectivity index (χ3v) is 0. The molecule has 0 bridgehead atoms. The summed E-state index contributed by atoms with van der Waals surface area (Å²) >= 11 is -5.25. The molecule has 0 radical (unpaired) electrons. The second-order valence-corrected chi connectivity index (χ2v) is 1.85. The van der Waals surface area contributed by atoms with E-state index in [1.54, 1.807) is 0 Å². The van der Waals surface area contributed by atoms with Crippen molar-refractivity contribution < 1.29 is 29.5 Å². The van der Waals surface area contributed by atoms with Crippen molar-refractivity contribution in [3.63, 3.8) is 0 Å². The Bertz CT molecular complexity index is 94.9. The van der Waals surface area contributed by atoms with Crippen LogP contribution in [0, 0.1) is 0 Å². The molecule has 0 aromatic rings. The van der Waals surface area contributed by atoms with Crippen LogP contribution in [0.2, 0.25) is 0 Å². The van der Waals surface area contributed by atoms with E-state index in [0.29, 0.717) is 0 Å². The Morgan fingerprint density at radius 2 is 1.14 bits per heavy atom. The van der Waals surface area contributed by atoms with Gasteiger partial charge in [-0.25, -0.2) is 0 Å². The van der Waals surface area contributed by atoms with Crippen LogP contribution in [0.15, 0.2) is 0 Å². The Balaban J connectivity index is -0.0000000800. The van der Waals surface area contributed by atoms with Crippen LogP contribution in [-0.4, -0.2) is 65.6 Å². The van der Waals surface area contributed by atoms with Crippen LogP contribution < -0.4 is 0 Å². The summed E-state index contributed by atoms with van der Waals surface area (Å²) in [7, 11) is 0. The number of hydrogen-bond acceptors (Lipinski definition) is 2. The third-order valence-electron chi connectivity index (χ3n) is 0. The van der Waals surface area contributed by atoms with Crippen molar-refractivity contribution in [1.29, 1.82) is 0 Å². The van der Waals surface area contributed by atoms with Crippen LogP contribution in [0.25, 0.3) is 0 Å². The molecule has 0 saturated carbocycles. The van der Waals surface area contributed by atoms with Crippen LogP contribution >= 0.6 is 0 Å². The fourth-order valence-corrected chi connectivity index (χ4v) is 0. The van der Waals surface area contributed by atoms with E-state index in [1.165, 1.54) is 0 Å². The van der Waals surface area contributed by atoms with Gasteiger partial charge in [-0.3, -0.25) is 0 Å². The molecule has 2 N–H and O–H groups in total. The summed E-state index contributed by atoms with van der Waals surface area (Å²) < 4.78 is 31.9. The molecule has 0 heterocycles. The predicted octanol–water partition coefficient (Wildman–Crippen LogP) is -3.45. The average Bonchev–Trinajstić information content (AvgIpc) is 0.722. The fraction of sp³-hybridized carbons (Fsp3) is 0. The van der Waals surface area contributed by atoms with E-state index >= 15 is 0 Å². The van der Waals surface area contributed by atoms with Crippen LogP contribution in [0.1, 0.15) is 0 Å². The number of rotatable bonds is 0. The van der Waals surface area contributed by atoms with Crippen molar-refractivity contribution in [2.75, 3.05) is 0 Å². The van der Waals surface area contributed by atoms with Crippen LogP contribution in [0.5, 0.6) is 0 Å². The van der Waals surface area contributed by atoms with Gasteiger partial charge in [0.1, 0.15) is 0 Å². The molecule has 0 aliphatic carbocycles. The molecule has 0 amide bonds. The van der Waals surface area contributed by atoms with Crippen molar-refractivity contribution in [2.24, 2.45) is 0 Å². The quantitative estimate of drug-likeness (QED) is 0.449. The van der Waals surface area contributed by atoms with Crippen molar-refractivity contribution >= 4 is 57.3 Å². The maximum absolute atomic E-state index is 8.82. The van der Waals surface area contributed by atoms with Crippen molar-refractivity contribution in [3.8, 4) is 0 Å². The molecule has 0 saturated heterocycles. The van der Waals surface area contributed by atoms with E-state index < -0.39 is 13.6 Å². The van der Waals surface area contributed by atoms with E-state index in [2.05, 4.69) is 0 Å². The first-order valence-electron chi connectivity index (χ1n) is 0.698. The molecule has 0 rings (SSSR count). The van der Waals surface area contributed by atoms with E-state index in [0.717, 1.165) is 0 Å².